The predicted octanol–water partition coefficient (Wildman–Crippen LogP) is 4.11. The van der Waals surface area contributed by atoms with Crippen molar-refractivity contribution in [1.29, 1.82) is 0 Å². The smallest absolute Gasteiger partial charge is 0.131 e. The molecular weight excluding hydrogens is 280 g/mol. The third-order valence-electron chi connectivity index (χ3n) is 2.55. The summed E-state index contributed by atoms with van der Waals surface area (Å²) in [5.41, 5.74) is 2.42. The van der Waals surface area contributed by atoms with Gasteiger partial charge >= 0.3 is 0 Å². The average Bonchev–Trinajstić information content (AvgIpc) is 2.44. The van der Waals surface area contributed by atoms with Crippen LogP contribution in [0.4, 0.5) is 8.78 Å². The molecule has 0 unspecified atom stereocenters. The highest BCUT2D eigenvalue weighted by Crippen LogP contribution is 2.32. The number of nitrogens with one attached hydrogen (secondary N) is 1. The zero-order valence-corrected chi connectivity index (χ0v) is 11.3. The van der Waals surface area contributed by atoms with Gasteiger partial charge in [-0.3, -0.25) is 0 Å². The van der Waals surface area contributed by atoms with Crippen LogP contribution in [-0.2, 0) is 0 Å². The number of hydrogen-bond donors (Lipinski definition) is 2. The Morgan fingerprint density at radius 2 is 1.85 bits per heavy atom. The number of rotatable bonds is 5. The molecule has 0 fully saturated rings. The van der Waals surface area contributed by atoms with Crippen molar-refractivity contribution in [3.05, 3.63) is 65.7 Å². The van der Waals surface area contributed by atoms with Crippen LogP contribution in [0.1, 0.15) is 5.56 Å². The van der Waals surface area contributed by atoms with E-state index in [1.807, 2.05) is 5.48 Å². The third-order valence-corrected chi connectivity index (χ3v) is 3.63. The van der Waals surface area contributed by atoms with E-state index in [2.05, 4.69) is 0 Å². The van der Waals surface area contributed by atoms with Gasteiger partial charge in [0.25, 0.3) is 0 Å². The van der Waals surface area contributed by atoms with Crippen LogP contribution in [-0.4, -0.2) is 11.8 Å². The van der Waals surface area contributed by atoms with Crippen molar-refractivity contribution in [3.63, 3.8) is 0 Å². The summed E-state index contributed by atoms with van der Waals surface area (Å²) in [6, 6.07) is 10.8. The third kappa shape index (κ3) is 3.90. The van der Waals surface area contributed by atoms with Crippen LogP contribution in [0.3, 0.4) is 0 Å². The molecule has 0 aromatic heterocycles. The molecule has 0 atom stereocenters. The van der Waals surface area contributed by atoms with Crippen LogP contribution in [0.2, 0.25) is 0 Å². The number of benzene rings is 2. The fourth-order valence-corrected chi connectivity index (χ4v) is 2.58. The van der Waals surface area contributed by atoms with E-state index in [0.717, 1.165) is 9.79 Å². The van der Waals surface area contributed by atoms with E-state index in [0.29, 0.717) is 5.56 Å². The minimum absolute atomic E-state index is 0.231. The van der Waals surface area contributed by atoms with Gasteiger partial charge in [0.05, 0.1) is 0 Å². The quantitative estimate of drug-likeness (QED) is 0.814. The van der Waals surface area contributed by atoms with Gasteiger partial charge < -0.3 is 5.21 Å². The number of hydroxylamine groups is 1. The monoisotopic (exact) mass is 293 g/mol. The Balaban J connectivity index is 2.26. The van der Waals surface area contributed by atoms with Crippen molar-refractivity contribution in [1.82, 2.24) is 5.48 Å². The molecule has 0 spiro atoms. The van der Waals surface area contributed by atoms with E-state index in [1.54, 1.807) is 36.4 Å². The Morgan fingerprint density at radius 1 is 1.10 bits per heavy atom. The molecule has 2 aromatic carbocycles. The predicted molar refractivity (Wildman–Crippen MR) is 75.7 cm³/mol. The lowest BCUT2D eigenvalue weighted by molar-refractivity contribution is 0.180. The Kier molecular flexibility index (Phi) is 5.29. The lowest BCUT2D eigenvalue weighted by Crippen LogP contribution is -2.05. The van der Waals surface area contributed by atoms with Crippen molar-refractivity contribution < 1.29 is 14.0 Å². The minimum Gasteiger partial charge on any atom is -0.317 e. The van der Waals surface area contributed by atoms with Gasteiger partial charge in [-0.2, -0.15) is 0 Å². The summed E-state index contributed by atoms with van der Waals surface area (Å²) in [5.74, 6) is -0.644. The van der Waals surface area contributed by atoms with Gasteiger partial charge in [0.1, 0.15) is 11.6 Å². The normalized spacial score (nSPS) is 11.2. The molecule has 0 aliphatic heterocycles. The molecule has 20 heavy (non-hydrogen) atoms. The van der Waals surface area contributed by atoms with Crippen LogP contribution < -0.4 is 5.48 Å². The fourth-order valence-electron chi connectivity index (χ4n) is 1.63. The van der Waals surface area contributed by atoms with E-state index in [-0.39, 0.29) is 18.2 Å². The summed E-state index contributed by atoms with van der Waals surface area (Å²) in [6.45, 7) is 0.231. The molecule has 2 nitrogen and oxygen atoms in total. The van der Waals surface area contributed by atoms with Crippen LogP contribution >= 0.6 is 11.8 Å². The molecule has 0 bridgehead atoms. The SMILES string of the molecule is ONC/C=C/c1c(F)cccc1Sc1ccc(F)cc1. The maximum absolute atomic E-state index is 13.8. The second-order valence-electron chi connectivity index (χ2n) is 3.97. The highest BCUT2D eigenvalue weighted by molar-refractivity contribution is 7.99. The number of hydrogen-bond acceptors (Lipinski definition) is 3. The fraction of sp³-hybridized carbons (Fsp3) is 0.0667. The van der Waals surface area contributed by atoms with Gasteiger partial charge in [-0.05, 0) is 36.4 Å². The summed E-state index contributed by atoms with van der Waals surface area (Å²) >= 11 is 1.35. The zero-order valence-electron chi connectivity index (χ0n) is 10.5. The Bertz CT molecular complexity index is 599. The van der Waals surface area contributed by atoms with Gasteiger partial charge in [-0.15, -0.1) is 0 Å². The summed E-state index contributed by atoms with van der Waals surface area (Å²) in [4.78, 5) is 1.55. The molecule has 0 heterocycles. The molecule has 0 saturated heterocycles. The highest BCUT2D eigenvalue weighted by Gasteiger charge is 2.07. The van der Waals surface area contributed by atoms with Crippen LogP contribution in [0.25, 0.3) is 6.08 Å². The van der Waals surface area contributed by atoms with Crippen molar-refractivity contribution in [2.45, 2.75) is 9.79 Å². The number of halogens is 2. The summed E-state index contributed by atoms with van der Waals surface area (Å²) < 4.78 is 26.7. The molecule has 2 N–H and O–H groups in total. The zero-order chi connectivity index (χ0) is 14.4. The molecule has 0 aliphatic carbocycles. The molecule has 0 amide bonds. The molecule has 0 aliphatic rings. The molecule has 0 radical (unpaired) electrons. The molecular formula is C15H13F2NOS. The summed E-state index contributed by atoms with van der Waals surface area (Å²) in [7, 11) is 0. The van der Waals surface area contributed by atoms with E-state index >= 15 is 0 Å². The van der Waals surface area contributed by atoms with Gasteiger partial charge in [-0.1, -0.05) is 30.0 Å². The second-order valence-corrected chi connectivity index (χ2v) is 5.09. The van der Waals surface area contributed by atoms with Crippen LogP contribution in [0.5, 0.6) is 0 Å². The van der Waals surface area contributed by atoms with Crippen molar-refractivity contribution in [2.75, 3.05) is 6.54 Å². The maximum Gasteiger partial charge on any atom is 0.131 e. The van der Waals surface area contributed by atoms with Gasteiger partial charge in [0, 0.05) is 21.9 Å². The first kappa shape index (κ1) is 14.7. The topological polar surface area (TPSA) is 32.3 Å². The Morgan fingerprint density at radius 3 is 2.55 bits per heavy atom. The van der Waals surface area contributed by atoms with Crippen LogP contribution in [0.15, 0.2) is 58.3 Å². The average molecular weight is 293 g/mol. The maximum atomic E-state index is 13.8. The highest BCUT2D eigenvalue weighted by atomic mass is 32.2. The molecule has 0 saturated carbocycles. The lowest BCUT2D eigenvalue weighted by atomic mass is 10.2. The standard InChI is InChI=1S/C15H13F2NOS/c16-11-6-8-12(9-7-11)20-15-5-1-4-14(17)13(15)3-2-10-18-19/h1-9,18-19H,10H2/b3-2+. The Hall–Kier alpha value is -1.69. The van der Waals surface area contributed by atoms with Crippen LogP contribution in [0, 0.1) is 11.6 Å². The van der Waals surface area contributed by atoms with E-state index in [4.69, 9.17) is 5.21 Å². The van der Waals surface area contributed by atoms with Gasteiger partial charge in [-0.25, -0.2) is 14.3 Å². The molecule has 2 rings (SSSR count). The van der Waals surface area contributed by atoms with Crippen molar-refractivity contribution in [2.24, 2.45) is 0 Å². The first-order valence-corrected chi connectivity index (χ1v) is 6.78. The second kappa shape index (κ2) is 7.19. The molecule has 2 aromatic rings. The molecule has 104 valence electrons. The lowest BCUT2D eigenvalue weighted by Gasteiger charge is -2.07. The van der Waals surface area contributed by atoms with E-state index in [9.17, 15) is 8.78 Å². The Labute approximate surface area is 120 Å². The first-order chi connectivity index (χ1) is 9.70. The largest absolute Gasteiger partial charge is 0.317 e. The minimum atomic E-state index is -0.341. The van der Waals surface area contributed by atoms with Gasteiger partial charge in [0.2, 0.25) is 0 Å². The molecule has 5 heteroatoms. The summed E-state index contributed by atoms with van der Waals surface area (Å²) in [5, 5.41) is 8.51. The first-order valence-electron chi connectivity index (χ1n) is 5.96. The summed E-state index contributed by atoms with van der Waals surface area (Å²) in [6.07, 6.45) is 3.22. The van der Waals surface area contributed by atoms with Gasteiger partial charge in [0.15, 0.2) is 0 Å². The van der Waals surface area contributed by atoms with Crippen molar-refractivity contribution >= 4 is 17.8 Å². The van der Waals surface area contributed by atoms with E-state index in [1.165, 1.54) is 30.0 Å². The van der Waals surface area contributed by atoms with Crippen molar-refractivity contribution in [3.8, 4) is 0 Å². The van der Waals surface area contributed by atoms with E-state index < -0.39 is 0 Å².